The maximum absolute atomic E-state index is 13.8. The second-order valence-electron chi connectivity index (χ2n) is 4.01. The normalized spacial score (nSPS) is 10.3. The fourth-order valence-electron chi connectivity index (χ4n) is 1.71. The van der Waals surface area contributed by atoms with E-state index in [9.17, 15) is 9.18 Å². The molecule has 0 aliphatic heterocycles. The van der Waals surface area contributed by atoms with Crippen molar-refractivity contribution >= 4 is 33.3 Å². The number of carboxylic acid groups (broad SMARTS) is 1. The minimum Gasteiger partial charge on any atom is -0.478 e. The van der Waals surface area contributed by atoms with Crippen LogP contribution in [0.15, 0.2) is 46.9 Å². The molecule has 0 heterocycles. The van der Waals surface area contributed by atoms with Crippen molar-refractivity contribution in [3.63, 3.8) is 0 Å². The van der Waals surface area contributed by atoms with E-state index in [0.29, 0.717) is 11.4 Å². The summed E-state index contributed by atoms with van der Waals surface area (Å²) in [5.74, 6) is -1.32. The van der Waals surface area contributed by atoms with Crippen molar-refractivity contribution in [1.29, 1.82) is 0 Å². The van der Waals surface area contributed by atoms with Crippen LogP contribution in [0.4, 0.5) is 15.8 Å². The van der Waals surface area contributed by atoms with E-state index in [1.807, 2.05) is 0 Å². The van der Waals surface area contributed by atoms with Gasteiger partial charge in [0.25, 0.3) is 0 Å². The Balaban J connectivity index is 2.35. The molecule has 0 unspecified atom stereocenters. The molecule has 5 heteroatoms. The Bertz CT molecular complexity index is 613. The van der Waals surface area contributed by atoms with Gasteiger partial charge in [-0.3, -0.25) is 0 Å². The summed E-state index contributed by atoms with van der Waals surface area (Å²) in [5.41, 5.74) is 1.33. The second-order valence-corrected chi connectivity index (χ2v) is 4.92. The smallest absolute Gasteiger partial charge is 0.335 e. The SMILES string of the molecule is CN(c1ccc(C(=O)O)cc1)c1cc(Br)ccc1F. The van der Waals surface area contributed by atoms with Gasteiger partial charge in [-0.1, -0.05) is 15.9 Å². The quantitative estimate of drug-likeness (QED) is 0.926. The van der Waals surface area contributed by atoms with Gasteiger partial charge in [0.1, 0.15) is 5.82 Å². The number of benzene rings is 2. The van der Waals surface area contributed by atoms with E-state index in [2.05, 4.69) is 15.9 Å². The van der Waals surface area contributed by atoms with Gasteiger partial charge < -0.3 is 10.0 Å². The van der Waals surface area contributed by atoms with Gasteiger partial charge in [-0.2, -0.15) is 0 Å². The maximum Gasteiger partial charge on any atom is 0.335 e. The first kappa shape index (κ1) is 13.5. The first-order valence-electron chi connectivity index (χ1n) is 5.51. The van der Waals surface area contributed by atoms with Gasteiger partial charge in [-0.15, -0.1) is 0 Å². The van der Waals surface area contributed by atoms with Gasteiger partial charge in [0, 0.05) is 17.2 Å². The number of hydrogen-bond acceptors (Lipinski definition) is 2. The predicted octanol–water partition coefficient (Wildman–Crippen LogP) is 4.05. The summed E-state index contributed by atoms with van der Waals surface area (Å²) >= 11 is 3.30. The van der Waals surface area contributed by atoms with Crippen molar-refractivity contribution in [2.75, 3.05) is 11.9 Å². The van der Waals surface area contributed by atoms with Crippen molar-refractivity contribution in [2.45, 2.75) is 0 Å². The molecule has 2 aromatic rings. The molecule has 0 aromatic heterocycles. The Morgan fingerprint density at radius 1 is 1.21 bits per heavy atom. The summed E-state index contributed by atoms with van der Waals surface area (Å²) in [7, 11) is 1.72. The van der Waals surface area contributed by atoms with Crippen LogP contribution in [0.3, 0.4) is 0 Å². The van der Waals surface area contributed by atoms with Crippen molar-refractivity contribution in [1.82, 2.24) is 0 Å². The molecule has 0 bridgehead atoms. The Morgan fingerprint density at radius 2 is 1.84 bits per heavy atom. The Morgan fingerprint density at radius 3 is 2.42 bits per heavy atom. The van der Waals surface area contributed by atoms with Gasteiger partial charge in [0.2, 0.25) is 0 Å². The zero-order chi connectivity index (χ0) is 14.0. The summed E-state index contributed by atoms with van der Waals surface area (Å²) in [6.07, 6.45) is 0. The molecule has 0 saturated carbocycles. The average Bonchev–Trinajstić information content (AvgIpc) is 2.41. The lowest BCUT2D eigenvalue weighted by atomic mass is 10.2. The second kappa shape index (κ2) is 5.40. The third-order valence-electron chi connectivity index (χ3n) is 2.77. The predicted molar refractivity (Wildman–Crippen MR) is 75.6 cm³/mol. The molecular weight excluding hydrogens is 313 g/mol. The highest BCUT2D eigenvalue weighted by atomic mass is 79.9. The van der Waals surface area contributed by atoms with Gasteiger partial charge in [0.05, 0.1) is 11.3 Å². The molecule has 1 N–H and O–H groups in total. The molecule has 0 aliphatic rings. The fraction of sp³-hybridized carbons (Fsp3) is 0.0714. The highest BCUT2D eigenvalue weighted by molar-refractivity contribution is 9.10. The first-order valence-corrected chi connectivity index (χ1v) is 6.30. The Labute approximate surface area is 118 Å². The lowest BCUT2D eigenvalue weighted by Gasteiger charge is -2.20. The molecular formula is C14H11BrFNO2. The zero-order valence-electron chi connectivity index (χ0n) is 10.1. The van der Waals surface area contributed by atoms with Crippen molar-refractivity contribution in [3.05, 3.63) is 58.3 Å². The molecule has 0 amide bonds. The van der Waals surface area contributed by atoms with Gasteiger partial charge in [0.15, 0.2) is 0 Å². The lowest BCUT2D eigenvalue weighted by Crippen LogP contribution is -2.11. The molecule has 98 valence electrons. The number of halogens is 2. The summed E-state index contributed by atoms with van der Waals surface area (Å²) in [6, 6.07) is 10.9. The summed E-state index contributed by atoms with van der Waals surface area (Å²) in [5, 5.41) is 8.83. The number of hydrogen-bond donors (Lipinski definition) is 1. The number of anilines is 2. The number of carboxylic acids is 1. The van der Waals surface area contributed by atoms with Crippen molar-refractivity contribution in [3.8, 4) is 0 Å². The van der Waals surface area contributed by atoms with Crippen LogP contribution in [-0.4, -0.2) is 18.1 Å². The van der Waals surface area contributed by atoms with Crippen molar-refractivity contribution < 1.29 is 14.3 Å². The van der Waals surface area contributed by atoms with Gasteiger partial charge >= 0.3 is 5.97 Å². The number of carbonyl (C=O) groups is 1. The fourth-order valence-corrected chi connectivity index (χ4v) is 2.06. The number of rotatable bonds is 3. The average molecular weight is 324 g/mol. The van der Waals surface area contributed by atoms with Gasteiger partial charge in [-0.05, 0) is 42.5 Å². The van der Waals surface area contributed by atoms with Crippen LogP contribution >= 0.6 is 15.9 Å². The van der Waals surface area contributed by atoms with Crippen LogP contribution < -0.4 is 4.90 Å². The largest absolute Gasteiger partial charge is 0.478 e. The Kier molecular flexibility index (Phi) is 3.85. The maximum atomic E-state index is 13.8. The molecule has 0 radical (unpaired) electrons. The Hall–Kier alpha value is -1.88. The topological polar surface area (TPSA) is 40.5 Å². The standard InChI is InChI=1S/C14H11BrFNO2/c1-17(13-8-10(15)4-7-12(13)16)11-5-2-9(3-6-11)14(18)19/h2-8H,1H3,(H,18,19). The molecule has 0 atom stereocenters. The summed E-state index contributed by atoms with van der Waals surface area (Å²) in [6.45, 7) is 0. The third kappa shape index (κ3) is 2.93. The highest BCUT2D eigenvalue weighted by Crippen LogP contribution is 2.29. The van der Waals surface area contributed by atoms with Crippen LogP contribution in [0.2, 0.25) is 0 Å². The molecule has 0 spiro atoms. The van der Waals surface area contributed by atoms with E-state index in [1.165, 1.54) is 18.2 Å². The number of aromatic carboxylic acids is 1. The minimum absolute atomic E-state index is 0.201. The van der Waals surface area contributed by atoms with E-state index in [4.69, 9.17) is 5.11 Å². The van der Waals surface area contributed by atoms with E-state index in [0.717, 1.165) is 4.47 Å². The third-order valence-corrected chi connectivity index (χ3v) is 3.26. The molecule has 0 saturated heterocycles. The number of nitrogens with zero attached hydrogens (tertiary/aromatic N) is 1. The molecule has 19 heavy (non-hydrogen) atoms. The van der Waals surface area contributed by atoms with Crippen LogP contribution in [0.5, 0.6) is 0 Å². The molecule has 0 fully saturated rings. The lowest BCUT2D eigenvalue weighted by molar-refractivity contribution is 0.0697. The van der Waals surface area contributed by atoms with E-state index < -0.39 is 5.97 Å². The van der Waals surface area contributed by atoms with E-state index in [-0.39, 0.29) is 11.4 Å². The van der Waals surface area contributed by atoms with Crippen molar-refractivity contribution in [2.24, 2.45) is 0 Å². The molecule has 3 nitrogen and oxygen atoms in total. The van der Waals surface area contributed by atoms with Gasteiger partial charge in [-0.25, -0.2) is 9.18 Å². The van der Waals surface area contributed by atoms with E-state index in [1.54, 1.807) is 36.2 Å². The summed E-state index contributed by atoms with van der Waals surface area (Å²) < 4.78 is 14.5. The highest BCUT2D eigenvalue weighted by Gasteiger charge is 2.11. The summed E-state index contributed by atoms with van der Waals surface area (Å²) in [4.78, 5) is 12.4. The van der Waals surface area contributed by atoms with Crippen LogP contribution in [0.1, 0.15) is 10.4 Å². The zero-order valence-corrected chi connectivity index (χ0v) is 11.7. The van der Waals surface area contributed by atoms with Crippen LogP contribution in [-0.2, 0) is 0 Å². The molecule has 2 rings (SSSR count). The van der Waals surface area contributed by atoms with Crippen LogP contribution in [0.25, 0.3) is 0 Å². The monoisotopic (exact) mass is 323 g/mol. The first-order chi connectivity index (χ1) is 8.99. The molecule has 0 aliphatic carbocycles. The minimum atomic E-state index is -0.983. The van der Waals surface area contributed by atoms with E-state index >= 15 is 0 Å². The molecule has 2 aromatic carbocycles. The van der Waals surface area contributed by atoms with Crippen LogP contribution in [0, 0.1) is 5.82 Å².